The maximum Gasteiger partial charge on any atom is 0.164 e. The lowest BCUT2D eigenvalue weighted by Gasteiger charge is -2.11. The second kappa shape index (κ2) is 5.84. The molecule has 5 nitrogen and oxygen atoms in total. The van der Waals surface area contributed by atoms with Crippen molar-refractivity contribution < 1.29 is 9.84 Å². The zero-order chi connectivity index (χ0) is 13.0. The summed E-state index contributed by atoms with van der Waals surface area (Å²) in [7, 11) is 0. The standard InChI is InChI=1S/C12H14ClN3O2/c1-2-16-11(14-8-15-16)7-18-12-9(6-17)4-3-5-10(12)13/h3-5,8,17H,2,6-7H2,1H3. The zero-order valence-corrected chi connectivity index (χ0v) is 10.8. The number of benzene rings is 1. The van der Waals surface area contributed by atoms with Gasteiger partial charge in [-0.15, -0.1) is 0 Å². The second-order valence-electron chi connectivity index (χ2n) is 3.67. The highest BCUT2D eigenvalue weighted by molar-refractivity contribution is 6.32. The van der Waals surface area contributed by atoms with Gasteiger partial charge in [-0.1, -0.05) is 23.7 Å². The first-order chi connectivity index (χ1) is 8.76. The number of para-hydroxylation sites is 1. The first kappa shape index (κ1) is 12.9. The Kier molecular flexibility index (Phi) is 4.17. The molecule has 0 aliphatic heterocycles. The predicted octanol–water partition coefficient (Wildman–Crippen LogP) is 2.02. The summed E-state index contributed by atoms with van der Waals surface area (Å²) in [5, 5.41) is 13.8. The fraction of sp³-hybridized carbons (Fsp3) is 0.333. The minimum Gasteiger partial charge on any atom is -0.484 e. The largest absolute Gasteiger partial charge is 0.484 e. The van der Waals surface area contributed by atoms with Crippen molar-refractivity contribution in [2.45, 2.75) is 26.7 Å². The number of hydrogen-bond donors (Lipinski definition) is 1. The van der Waals surface area contributed by atoms with Gasteiger partial charge in [0, 0.05) is 12.1 Å². The van der Waals surface area contributed by atoms with Crippen LogP contribution in [0.2, 0.25) is 5.02 Å². The highest BCUT2D eigenvalue weighted by Crippen LogP contribution is 2.29. The Bertz CT molecular complexity index is 528. The fourth-order valence-corrected chi connectivity index (χ4v) is 1.89. The van der Waals surface area contributed by atoms with Crippen molar-refractivity contribution in [3.63, 3.8) is 0 Å². The number of halogens is 1. The van der Waals surface area contributed by atoms with Gasteiger partial charge >= 0.3 is 0 Å². The van der Waals surface area contributed by atoms with Crippen LogP contribution in [0.4, 0.5) is 0 Å². The molecular formula is C12H14ClN3O2. The molecule has 0 fully saturated rings. The van der Waals surface area contributed by atoms with Crippen molar-refractivity contribution in [3.05, 3.63) is 40.9 Å². The molecule has 0 atom stereocenters. The summed E-state index contributed by atoms with van der Waals surface area (Å²) in [6.45, 7) is 2.86. The summed E-state index contributed by atoms with van der Waals surface area (Å²) in [5.74, 6) is 1.22. The van der Waals surface area contributed by atoms with Crippen LogP contribution in [0.25, 0.3) is 0 Å². The third-order valence-electron chi connectivity index (χ3n) is 2.56. The number of aliphatic hydroxyl groups is 1. The maximum atomic E-state index is 9.23. The highest BCUT2D eigenvalue weighted by atomic mass is 35.5. The molecule has 1 aromatic heterocycles. The van der Waals surface area contributed by atoms with E-state index in [9.17, 15) is 5.11 Å². The molecule has 0 saturated carbocycles. The van der Waals surface area contributed by atoms with Crippen molar-refractivity contribution in [3.8, 4) is 5.75 Å². The van der Waals surface area contributed by atoms with E-state index in [2.05, 4.69) is 10.1 Å². The average Bonchev–Trinajstić information content (AvgIpc) is 2.84. The van der Waals surface area contributed by atoms with E-state index >= 15 is 0 Å². The Morgan fingerprint density at radius 3 is 3.00 bits per heavy atom. The normalized spacial score (nSPS) is 10.6. The van der Waals surface area contributed by atoms with E-state index in [1.54, 1.807) is 22.9 Å². The van der Waals surface area contributed by atoms with E-state index in [0.29, 0.717) is 16.3 Å². The van der Waals surface area contributed by atoms with Gasteiger partial charge in [0.15, 0.2) is 5.82 Å². The maximum absolute atomic E-state index is 9.23. The summed E-state index contributed by atoms with van der Waals surface area (Å²) in [4.78, 5) is 4.11. The molecule has 18 heavy (non-hydrogen) atoms. The molecule has 0 spiro atoms. The number of aryl methyl sites for hydroxylation is 1. The lowest BCUT2D eigenvalue weighted by molar-refractivity contribution is 0.253. The number of ether oxygens (including phenoxy) is 1. The van der Waals surface area contributed by atoms with Gasteiger partial charge in [0.25, 0.3) is 0 Å². The molecule has 1 heterocycles. The van der Waals surface area contributed by atoms with Crippen LogP contribution in [-0.4, -0.2) is 19.9 Å². The Morgan fingerprint density at radius 2 is 2.28 bits per heavy atom. The lowest BCUT2D eigenvalue weighted by atomic mass is 10.2. The van der Waals surface area contributed by atoms with Gasteiger partial charge in [-0.25, -0.2) is 9.67 Å². The van der Waals surface area contributed by atoms with Crippen molar-refractivity contribution in [1.29, 1.82) is 0 Å². The highest BCUT2D eigenvalue weighted by Gasteiger charge is 2.10. The predicted molar refractivity (Wildman–Crippen MR) is 67.4 cm³/mol. The topological polar surface area (TPSA) is 60.2 Å². The van der Waals surface area contributed by atoms with Crippen LogP contribution in [0.5, 0.6) is 5.75 Å². The molecule has 0 amide bonds. The monoisotopic (exact) mass is 267 g/mol. The Morgan fingerprint density at radius 1 is 1.44 bits per heavy atom. The Balaban J connectivity index is 2.15. The fourth-order valence-electron chi connectivity index (χ4n) is 1.64. The van der Waals surface area contributed by atoms with E-state index in [1.165, 1.54) is 6.33 Å². The van der Waals surface area contributed by atoms with Gasteiger partial charge in [0.05, 0.1) is 11.6 Å². The van der Waals surface area contributed by atoms with Gasteiger partial charge < -0.3 is 9.84 Å². The number of aliphatic hydroxyl groups excluding tert-OH is 1. The average molecular weight is 268 g/mol. The van der Waals surface area contributed by atoms with Crippen LogP contribution in [-0.2, 0) is 19.8 Å². The lowest BCUT2D eigenvalue weighted by Crippen LogP contribution is -2.08. The van der Waals surface area contributed by atoms with Crippen LogP contribution in [0, 0.1) is 0 Å². The Hall–Kier alpha value is -1.59. The van der Waals surface area contributed by atoms with Gasteiger partial charge in [0.1, 0.15) is 18.7 Å². The van der Waals surface area contributed by atoms with E-state index in [0.717, 1.165) is 12.4 Å². The van der Waals surface area contributed by atoms with E-state index < -0.39 is 0 Å². The van der Waals surface area contributed by atoms with Crippen LogP contribution in [0.3, 0.4) is 0 Å². The molecule has 0 saturated heterocycles. The third kappa shape index (κ3) is 2.63. The quantitative estimate of drug-likeness (QED) is 0.900. The molecule has 6 heteroatoms. The van der Waals surface area contributed by atoms with E-state index in [-0.39, 0.29) is 13.2 Å². The first-order valence-corrected chi connectivity index (χ1v) is 6.01. The molecule has 0 aliphatic rings. The molecular weight excluding hydrogens is 254 g/mol. The summed E-state index contributed by atoms with van der Waals surface area (Å²) in [5.41, 5.74) is 0.657. The van der Waals surface area contributed by atoms with Crippen LogP contribution in [0.1, 0.15) is 18.3 Å². The first-order valence-electron chi connectivity index (χ1n) is 5.64. The number of aromatic nitrogens is 3. The van der Waals surface area contributed by atoms with E-state index in [1.807, 2.05) is 6.92 Å². The van der Waals surface area contributed by atoms with Gasteiger partial charge in [-0.2, -0.15) is 5.10 Å². The van der Waals surface area contributed by atoms with Gasteiger partial charge in [-0.3, -0.25) is 0 Å². The minimum atomic E-state index is -0.115. The SMILES string of the molecule is CCn1ncnc1COc1c(Cl)cccc1CO. The number of hydrogen-bond acceptors (Lipinski definition) is 4. The third-order valence-corrected chi connectivity index (χ3v) is 2.86. The molecule has 2 rings (SSSR count). The van der Waals surface area contributed by atoms with Gasteiger partial charge in [-0.05, 0) is 13.0 Å². The van der Waals surface area contributed by atoms with Crippen molar-refractivity contribution in [2.75, 3.05) is 0 Å². The second-order valence-corrected chi connectivity index (χ2v) is 4.07. The van der Waals surface area contributed by atoms with Crippen LogP contribution in [0.15, 0.2) is 24.5 Å². The van der Waals surface area contributed by atoms with Gasteiger partial charge in [0.2, 0.25) is 0 Å². The smallest absolute Gasteiger partial charge is 0.164 e. The molecule has 2 aromatic rings. The van der Waals surface area contributed by atoms with Crippen molar-refractivity contribution in [1.82, 2.24) is 14.8 Å². The van der Waals surface area contributed by atoms with Crippen LogP contribution < -0.4 is 4.74 Å². The number of nitrogens with zero attached hydrogens (tertiary/aromatic N) is 3. The summed E-state index contributed by atoms with van der Waals surface area (Å²) in [6, 6.07) is 5.27. The molecule has 0 bridgehead atoms. The minimum absolute atomic E-state index is 0.115. The molecule has 1 aromatic carbocycles. The van der Waals surface area contributed by atoms with Crippen LogP contribution >= 0.6 is 11.6 Å². The molecule has 0 aliphatic carbocycles. The van der Waals surface area contributed by atoms with Crippen molar-refractivity contribution in [2.24, 2.45) is 0 Å². The summed E-state index contributed by atoms with van der Waals surface area (Å²) >= 11 is 6.04. The van der Waals surface area contributed by atoms with E-state index in [4.69, 9.17) is 16.3 Å². The molecule has 0 unspecified atom stereocenters. The molecule has 96 valence electrons. The van der Waals surface area contributed by atoms with Crippen molar-refractivity contribution >= 4 is 11.6 Å². The summed E-state index contributed by atoms with van der Waals surface area (Å²) < 4.78 is 7.38. The molecule has 0 radical (unpaired) electrons. The zero-order valence-electron chi connectivity index (χ0n) is 10.0. The summed E-state index contributed by atoms with van der Waals surface area (Å²) in [6.07, 6.45) is 1.49. The molecule has 1 N–H and O–H groups in total. The Labute approximate surface area is 110 Å². The number of rotatable bonds is 5.